The highest BCUT2D eigenvalue weighted by molar-refractivity contribution is 7.20. The van der Waals surface area contributed by atoms with E-state index >= 15 is 0 Å². The summed E-state index contributed by atoms with van der Waals surface area (Å²) in [6, 6.07) is 18.1. The molecule has 2 heterocycles. The number of esters is 1. The zero-order chi connectivity index (χ0) is 17.2. The number of hydrogen-bond donors (Lipinski definition) is 0. The van der Waals surface area contributed by atoms with Crippen molar-refractivity contribution in [2.75, 3.05) is 0 Å². The lowest BCUT2D eigenvalue weighted by molar-refractivity contribution is 0.0474. The number of fused-ring (bicyclic) bond motifs is 1. The Balaban J connectivity index is 1.44. The minimum absolute atomic E-state index is 0.190. The van der Waals surface area contributed by atoms with E-state index in [9.17, 15) is 4.79 Å². The Bertz CT molecular complexity index is 998. The van der Waals surface area contributed by atoms with Crippen molar-refractivity contribution in [2.45, 2.75) is 13.5 Å². The fourth-order valence-corrected chi connectivity index (χ4v) is 4.26. The third-order valence-corrected chi connectivity index (χ3v) is 5.86. The fourth-order valence-electron chi connectivity index (χ4n) is 2.50. The Morgan fingerprint density at radius 1 is 1.12 bits per heavy atom. The number of rotatable bonds is 4. The topological polar surface area (TPSA) is 39.2 Å². The number of benzene rings is 2. The van der Waals surface area contributed by atoms with Crippen LogP contribution in [0.1, 0.15) is 20.9 Å². The summed E-state index contributed by atoms with van der Waals surface area (Å²) in [6.45, 7) is 2.25. The summed E-state index contributed by atoms with van der Waals surface area (Å²) in [5.41, 5.74) is 3.07. The third kappa shape index (κ3) is 3.48. The number of nitrogens with zero attached hydrogens (tertiary/aromatic N) is 1. The molecule has 0 amide bonds. The van der Waals surface area contributed by atoms with Crippen LogP contribution in [0.15, 0.2) is 60.0 Å². The van der Waals surface area contributed by atoms with Crippen molar-refractivity contribution >= 4 is 38.7 Å². The van der Waals surface area contributed by atoms with Gasteiger partial charge in [0.15, 0.2) is 0 Å². The highest BCUT2D eigenvalue weighted by Crippen LogP contribution is 2.27. The van der Waals surface area contributed by atoms with Gasteiger partial charge in [0.1, 0.15) is 16.5 Å². The van der Waals surface area contributed by atoms with E-state index in [-0.39, 0.29) is 12.6 Å². The highest BCUT2D eigenvalue weighted by Gasteiger charge is 2.13. The fraction of sp³-hybridized carbons (Fsp3) is 0.100. The maximum absolute atomic E-state index is 12.3. The standard InChI is InChI=1S/C20H15NO2S2/c1-13-6-8-14(9-7-13)19-21-16(12-24-19)11-23-20(22)18-10-15-4-2-3-5-17(15)25-18/h2-10,12H,11H2,1H3. The van der Waals surface area contributed by atoms with Crippen molar-refractivity contribution in [2.24, 2.45) is 0 Å². The van der Waals surface area contributed by atoms with Crippen molar-refractivity contribution in [3.8, 4) is 10.6 Å². The van der Waals surface area contributed by atoms with Crippen LogP contribution in [0.2, 0.25) is 0 Å². The van der Waals surface area contributed by atoms with Crippen LogP contribution in [0.3, 0.4) is 0 Å². The van der Waals surface area contributed by atoms with E-state index in [1.165, 1.54) is 16.9 Å². The number of thiazole rings is 1. The maximum Gasteiger partial charge on any atom is 0.348 e. The largest absolute Gasteiger partial charge is 0.455 e. The van der Waals surface area contributed by atoms with Crippen LogP contribution < -0.4 is 0 Å². The van der Waals surface area contributed by atoms with Gasteiger partial charge in [-0.05, 0) is 24.4 Å². The monoisotopic (exact) mass is 365 g/mol. The molecule has 4 rings (SSSR count). The first kappa shape index (κ1) is 16.0. The van der Waals surface area contributed by atoms with Gasteiger partial charge in [0.25, 0.3) is 0 Å². The average Bonchev–Trinajstić information content (AvgIpc) is 3.27. The second kappa shape index (κ2) is 6.78. The maximum atomic E-state index is 12.3. The minimum Gasteiger partial charge on any atom is -0.455 e. The van der Waals surface area contributed by atoms with Gasteiger partial charge in [-0.15, -0.1) is 22.7 Å². The molecule has 3 nitrogen and oxygen atoms in total. The molecule has 0 atom stereocenters. The Hall–Kier alpha value is -2.50. The van der Waals surface area contributed by atoms with Gasteiger partial charge in [-0.3, -0.25) is 0 Å². The Labute approximate surface area is 153 Å². The van der Waals surface area contributed by atoms with Gasteiger partial charge in [-0.1, -0.05) is 48.0 Å². The van der Waals surface area contributed by atoms with Gasteiger partial charge in [0.05, 0.1) is 5.69 Å². The van der Waals surface area contributed by atoms with Gasteiger partial charge < -0.3 is 4.74 Å². The van der Waals surface area contributed by atoms with Gasteiger partial charge in [-0.25, -0.2) is 9.78 Å². The molecule has 0 aliphatic heterocycles. The van der Waals surface area contributed by atoms with E-state index in [0.29, 0.717) is 4.88 Å². The second-order valence-corrected chi connectivity index (χ2v) is 7.68. The van der Waals surface area contributed by atoms with Crippen LogP contribution in [-0.2, 0) is 11.3 Å². The number of aromatic nitrogens is 1. The molecule has 0 N–H and O–H groups in total. The molecule has 0 radical (unpaired) electrons. The lowest BCUT2D eigenvalue weighted by atomic mass is 10.2. The van der Waals surface area contributed by atoms with E-state index in [1.807, 2.05) is 35.7 Å². The van der Waals surface area contributed by atoms with Gasteiger partial charge in [0.2, 0.25) is 0 Å². The van der Waals surface area contributed by atoms with E-state index in [0.717, 1.165) is 26.4 Å². The van der Waals surface area contributed by atoms with Crippen LogP contribution in [0, 0.1) is 6.92 Å². The molecule has 0 bridgehead atoms. The second-order valence-electron chi connectivity index (χ2n) is 5.73. The molecule has 25 heavy (non-hydrogen) atoms. The number of carbonyl (C=O) groups is 1. The summed E-state index contributed by atoms with van der Waals surface area (Å²) in [5, 5.41) is 3.94. The van der Waals surface area contributed by atoms with Crippen LogP contribution >= 0.6 is 22.7 Å². The molecule has 0 aliphatic rings. The first-order chi connectivity index (χ1) is 12.2. The number of aryl methyl sites for hydroxylation is 1. The molecule has 4 aromatic rings. The van der Waals surface area contributed by atoms with Crippen molar-refractivity contribution in [3.63, 3.8) is 0 Å². The van der Waals surface area contributed by atoms with Crippen LogP contribution in [-0.4, -0.2) is 11.0 Å². The Kier molecular flexibility index (Phi) is 4.34. The number of thiophene rings is 1. The lowest BCUT2D eigenvalue weighted by Crippen LogP contribution is -2.03. The third-order valence-electron chi connectivity index (χ3n) is 3.83. The Morgan fingerprint density at radius 2 is 1.92 bits per heavy atom. The zero-order valence-electron chi connectivity index (χ0n) is 13.6. The predicted molar refractivity (Wildman–Crippen MR) is 103 cm³/mol. The highest BCUT2D eigenvalue weighted by atomic mass is 32.1. The summed E-state index contributed by atoms with van der Waals surface area (Å²) in [7, 11) is 0. The molecule has 0 saturated heterocycles. The lowest BCUT2D eigenvalue weighted by Gasteiger charge is -2.00. The van der Waals surface area contributed by atoms with Crippen molar-refractivity contribution in [1.29, 1.82) is 0 Å². The smallest absolute Gasteiger partial charge is 0.348 e. The molecule has 0 spiro atoms. The molecule has 0 saturated carbocycles. The molecule has 0 fully saturated rings. The predicted octanol–water partition coefficient (Wildman–Crippen LogP) is 5.69. The van der Waals surface area contributed by atoms with Gasteiger partial charge >= 0.3 is 5.97 Å². The van der Waals surface area contributed by atoms with Gasteiger partial charge in [0, 0.05) is 15.6 Å². The van der Waals surface area contributed by atoms with Crippen LogP contribution in [0.25, 0.3) is 20.7 Å². The van der Waals surface area contributed by atoms with E-state index in [1.54, 1.807) is 11.3 Å². The molecule has 124 valence electrons. The summed E-state index contributed by atoms with van der Waals surface area (Å²) in [6.07, 6.45) is 0. The summed E-state index contributed by atoms with van der Waals surface area (Å²) >= 11 is 3.01. The molecular formula is C20H15NO2S2. The summed E-state index contributed by atoms with van der Waals surface area (Å²) in [5.74, 6) is -0.300. The molecule has 0 unspecified atom stereocenters. The first-order valence-corrected chi connectivity index (χ1v) is 9.56. The molecule has 2 aromatic heterocycles. The number of carbonyl (C=O) groups excluding carboxylic acids is 1. The SMILES string of the molecule is Cc1ccc(-c2nc(COC(=O)c3cc4ccccc4s3)cs2)cc1. The number of hydrogen-bond acceptors (Lipinski definition) is 5. The molecular weight excluding hydrogens is 350 g/mol. The van der Waals surface area contributed by atoms with Crippen LogP contribution in [0.5, 0.6) is 0 Å². The molecule has 5 heteroatoms. The molecule has 0 aliphatic carbocycles. The van der Waals surface area contributed by atoms with E-state index in [2.05, 4.69) is 36.2 Å². The van der Waals surface area contributed by atoms with E-state index in [4.69, 9.17) is 4.74 Å². The minimum atomic E-state index is -0.300. The van der Waals surface area contributed by atoms with Crippen molar-refractivity contribution < 1.29 is 9.53 Å². The Morgan fingerprint density at radius 3 is 2.72 bits per heavy atom. The molecule has 2 aromatic carbocycles. The normalized spacial score (nSPS) is 10.9. The first-order valence-electron chi connectivity index (χ1n) is 7.86. The average molecular weight is 365 g/mol. The quantitative estimate of drug-likeness (QED) is 0.436. The van der Waals surface area contributed by atoms with E-state index < -0.39 is 0 Å². The number of ether oxygens (including phenoxy) is 1. The summed E-state index contributed by atoms with van der Waals surface area (Å²) < 4.78 is 6.52. The van der Waals surface area contributed by atoms with Crippen molar-refractivity contribution in [1.82, 2.24) is 4.98 Å². The van der Waals surface area contributed by atoms with Crippen molar-refractivity contribution in [3.05, 3.63) is 76.1 Å². The van der Waals surface area contributed by atoms with Crippen LogP contribution in [0.4, 0.5) is 0 Å². The summed E-state index contributed by atoms with van der Waals surface area (Å²) in [4.78, 5) is 17.4. The van der Waals surface area contributed by atoms with Gasteiger partial charge in [-0.2, -0.15) is 0 Å². The zero-order valence-corrected chi connectivity index (χ0v) is 15.2.